The maximum atomic E-state index is 2.52. The molecular formula is C14H30Y-2. The van der Waals surface area contributed by atoms with Gasteiger partial charge in [0.2, 0.25) is 0 Å². The van der Waals surface area contributed by atoms with E-state index in [0.717, 1.165) is 11.8 Å². The van der Waals surface area contributed by atoms with Crippen LogP contribution in [0.25, 0.3) is 0 Å². The molecule has 0 aliphatic rings. The van der Waals surface area contributed by atoms with Crippen LogP contribution >= 0.6 is 0 Å². The maximum Gasteiger partial charge on any atom is 0 e. The second-order valence-corrected chi connectivity index (χ2v) is 4.13. The Morgan fingerprint density at radius 2 is 1.00 bits per heavy atom. The molecule has 1 radical (unpaired) electrons. The molecule has 0 heterocycles. The minimum absolute atomic E-state index is 0. The van der Waals surface area contributed by atoms with Gasteiger partial charge in [0.1, 0.15) is 0 Å². The van der Waals surface area contributed by atoms with Gasteiger partial charge in [0.05, 0.1) is 0 Å². The van der Waals surface area contributed by atoms with E-state index in [9.17, 15) is 0 Å². The summed E-state index contributed by atoms with van der Waals surface area (Å²) in [5.74, 6) is 1.88. The van der Waals surface area contributed by atoms with Crippen molar-refractivity contribution in [1.29, 1.82) is 0 Å². The minimum atomic E-state index is 0. The summed E-state index contributed by atoms with van der Waals surface area (Å²) < 4.78 is 0. The molecule has 0 amide bonds. The fourth-order valence-corrected chi connectivity index (χ4v) is 1.81. The molecular weight excluding hydrogens is 257 g/mol. The quantitative estimate of drug-likeness (QED) is 0.532. The fraction of sp³-hybridized carbons (Fsp3) is 0.857. The van der Waals surface area contributed by atoms with E-state index >= 15 is 0 Å². The van der Waals surface area contributed by atoms with Crippen molar-refractivity contribution in [3.8, 4) is 0 Å². The van der Waals surface area contributed by atoms with Crippen LogP contribution in [0.3, 0.4) is 0 Å². The average Bonchev–Trinajstić information content (AvgIpc) is 2.19. The SMILES string of the molecule is CCC(CC)C[CH-]CC(CC)CC.[CH3-].[Y]. The maximum absolute atomic E-state index is 2.52. The summed E-state index contributed by atoms with van der Waals surface area (Å²) in [5, 5.41) is 0. The minimum Gasteiger partial charge on any atom is -0.358 e. The van der Waals surface area contributed by atoms with Crippen molar-refractivity contribution in [1.82, 2.24) is 0 Å². The van der Waals surface area contributed by atoms with Gasteiger partial charge < -0.3 is 13.8 Å². The van der Waals surface area contributed by atoms with Crippen molar-refractivity contribution in [2.24, 2.45) is 11.8 Å². The van der Waals surface area contributed by atoms with Crippen LogP contribution in [0.4, 0.5) is 0 Å². The third-order valence-corrected chi connectivity index (χ3v) is 3.31. The first kappa shape index (κ1) is 21.4. The second-order valence-electron chi connectivity index (χ2n) is 4.13. The first-order valence-corrected chi connectivity index (χ1v) is 6.09. The Hall–Kier alpha value is 1.10. The summed E-state index contributed by atoms with van der Waals surface area (Å²) in [4.78, 5) is 0. The molecule has 0 rings (SSSR count). The van der Waals surface area contributed by atoms with E-state index < -0.39 is 0 Å². The van der Waals surface area contributed by atoms with E-state index in [-0.39, 0.29) is 40.1 Å². The van der Waals surface area contributed by atoms with Gasteiger partial charge >= 0.3 is 0 Å². The first-order valence-electron chi connectivity index (χ1n) is 6.09. The van der Waals surface area contributed by atoms with E-state index in [2.05, 4.69) is 34.1 Å². The zero-order valence-electron chi connectivity index (χ0n) is 11.6. The Morgan fingerprint density at radius 3 is 1.20 bits per heavy atom. The van der Waals surface area contributed by atoms with Gasteiger partial charge in [0.25, 0.3) is 0 Å². The van der Waals surface area contributed by atoms with Crippen molar-refractivity contribution < 1.29 is 32.7 Å². The monoisotopic (exact) mass is 287 g/mol. The van der Waals surface area contributed by atoms with Crippen LogP contribution in [0, 0.1) is 25.7 Å². The second kappa shape index (κ2) is 15.1. The molecule has 0 saturated heterocycles. The summed E-state index contributed by atoms with van der Waals surface area (Å²) in [6.45, 7) is 9.22. The van der Waals surface area contributed by atoms with Crippen molar-refractivity contribution in [3.63, 3.8) is 0 Å². The van der Waals surface area contributed by atoms with Gasteiger partial charge in [0, 0.05) is 32.7 Å². The van der Waals surface area contributed by atoms with E-state index in [1.54, 1.807) is 0 Å². The summed E-state index contributed by atoms with van der Waals surface area (Å²) >= 11 is 0. The molecule has 0 spiro atoms. The summed E-state index contributed by atoms with van der Waals surface area (Å²) in [5.41, 5.74) is 0. The predicted octanol–water partition coefficient (Wildman–Crippen LogP) is 5.29. The largest absolute Gasteiger partial charge is 0.358 e. The summed E-state index contributed by atoms with van der Waals surface area (Å²) in [7, 11) is 0. The number of hydrogen-bond donors (Lipinski definition) is 0. The van der Waals surface area contributed by atoms with Crippen LogP contribution in [0.2, 0.25) is 0 Å². The van der Waals surface area contributed by atoms with E-state index in [1.807, 2.05) is 0 Å². The van der Waals surface area contributed by atoms with Gasteiger partial charge in [-0.15, -0.1) is 0 Å². The topological polar surface area (TPSA) is 0 Å². The molecule has 0 nitrogen and oxygen atoms in total. The zero-order chi connectivity index (χ0) is 10.1. The van der Waals surface area contributed by atoms with Crippen LogP contribution in [0.5, 0.6) is 0 Å². The average molecular weight is 287 g/mol. The van der Waals surface area contributed by atoms with Gasteiger partial charge in [-0.3, -0.25) is 0 Å². The van der Waals surface area contributed by atoms with Crippen LogP contribution in [-0.2, 0) is 32.7 Å². The van der Waals surface area contributed by atoms with Gasteiger partial charge in [-0.2, -0.15) is 12.8 Å². The van der Waals surface area contributed by atoms with Gasteiger partial charge in [-0.05, 0) is 0 Å². The first-order chi connectivity index (χ1) is 6.28. The van der Waals surface area contributed by atoms with Gasteiger partial charge in [-0.1, -0.05) is 65.2 Å². The van der Waals surface area contributed by atoms with E-state index in [0.29, 0.717) is 0 Å². The van der Waals surface area contributed by atoms with E-state index in [1.165, 1.54) is 38.5 Å². The molecule has 0 atom stereocenters. The molecule has 0 aliphatic heterocycles. The molecule has 0 saturated carbocycles. The predicted molar refractivity (Wildman–Crippen MR) is 68.1 cm³/mol. The molecule has 91 valence electrons. The Kier molecular flexibility index (Phi) is 21.5. The third-order valence-electron chi connectivity index (χ3n) is 3.31. The third kappa shape index (κ3) is 11.4. The summed E-state index contributed by atoms with van der Waals surface area (Å²) in [6, 6.07) is 0. The molecule has 15 heavy (non-hydrogen) atoms. The van der Waals surface area contributed by atoms with Crippen molar-refractivity contribution >= 4 is 0 Å². The summed E-state index contributed by atoms with van der Waals surface area (Å²) in [6.07, 6.45) is 10.6. The Morgan fingerprint density at radius 1 is 0.733 bits per heavy atom. The normalized spacial score (nSPS) is 10.0. The smallest absolute Gasteiger partial charge is 0 e. The molecule has 0 fully saturated rings. The molecule has 0 N–H and O–H groups in total. The van der Waals surface area contributed by atoms with Crippen molar-refractivity contribution in [3.05, 3.63) is 13.8 Å². The van der Waals surface area contributed by atoms with E-state index in [4.69, 9.17) is 0 Å². The standard InChI is InChI=1S/C13H27.CH3.Y/c1-5-12(6-2)10-9-11-13(7-3)8-4;;/h9,12-13H,5-8,10-11H2,1-4H3;1H3;/q2*-1;. The Labute approximate surface area is 124 Å². The molecule has 0 aliphatic carbocycles. The van der Waals surface area contributed by atoms with Crippen LogP contribution in [0.1, 0.15) is 66.2 Å². The molecule has 0 aromatic heterocycles. The Balaban J connectivity index is -0.000000720. The van der Waals surface area contributed by atoms with Crippen LogP contribution < -0.4 is 0 Å². The Bertz CT molecular complexity index is 81.5. The molecule has 0 unspecified atom stereocenters. The zero-order valence-corrected chi connectivity index (χ0v) is 14.4. The molecule has 0 aromatic rings. The van der Waals surface area contributed by atoms with Crippen LogP contribution in [-0.4, -0.2) is 0 Å². The fourth-order valence-electron chi connectivity index (χ4n) is 1.81. The van der Waals surface area contributed by atoms with Crippen molar-refractivity contribution in [2.45, 2.75) is 66.2 Å². The molecule has 0 bridgehead atoms. The van der Waals surface area contributed by atoms with Crippen molar-refractivity contribution in [2.75, 3.05) is 0 Å². The van der Waals surface area contributed by atoms with Gasteiger partial charge in [0.15, 0.2) is 0 Å². The van der Waals surface area contributed by atoms with Gasteiger partial charge in [-0.25, -0.2) is 0 Å². The van der Waals surface area contributed by atoms with Crippen LogP contribution in [0.15, 0.2) is 0 Å². The number of hydrogen-bond acceptors (Lipinski definition) is 0. The molecule has 0 aromatic carbocycles. The molecule has 1 heteroatoms. The number of rotatable bonds is 8.